The SMILES string of the molecule is CC(C)CCCC(C)C1CCC2C3CCC4C(c5ccc(OOCc6ccc7c(c6)C(=O)OC7=O)cc5)C(c5cccc(OC(=O)c6ccc7c(c6)C(=O)OC7=O)c5)CCC4(C)C3CCC12C. The van der Waals surface area contributed by atoms with Crippen LogP contribution in [0.4, 0.5) is 0 Å². The van der Waals surface area contributed by atoms with Crippen molar-refractivity contribution in [1.82, 2.24) is 0 Å². The second-order valence-electron chi connectivity index (χ2n) is 21.6. The summed E-state index contributed by atoms with van der Waals surface area (Å²) in [7, 11) is 0. The van der Waals surface area contributed by atoms with Crippen LogP contribution in [0.25, 0.3) is 0 Å². The van der Waals surface area contributed by atoms with Gasteiger partial charge < -0.3 is 19.1 Å². The van der Waals surface area contributed by atoms with Gasteiger partial charge in [-0.3, -0.25) is 0 Å². The summed E-state index contributed by atoms with van der Waals surface area (Å²) in [6, 6.07) is 25.4. The maximum Gasteiger partial charge on any atom is 0.346 e. The highest BCUT2D eigenvalue weighted by Crippen LogP contribution is 2.71. The Labute approximate surface area is 393 Å². The lowest BCUT2D eigenvalue weighted by molar-refractivity contribution is -0.217. The molecule has 67 heavy (non-hydrogen) atoms. The predicted octanol–water partition coefficient (Wildman–Crippen LogP) is 12.6. The number of hydrogen-bond donors (Lipinski definition) is 0. The molecule has 6 aliphatic rings. The van der Waals surface area contributed by atoms with Crippen LogP contribution >= 0.6 is 0 Å². The van der Waals surface area contributed by atoms with Crippen molar-refractivity contribution >= 4 is 29.8 Å². The summed E-state index contributed by atoms with van der Waals surface area (Å²) in [6.45, 7) is 12.6. The highest BCUT2D eigenvalue weighted by Gasteiger charge is 2.62. The lowest BCUT2D eigenvalue weighted by atomic mass is 9.41. The van der Waals surface area contributed by atoms with Crippen LogP contribution < -0.4 is 9.62 Å². The van der Waals surface area contributed by atoms with E-state index in [9.17, 15) is 24.0 Å². The van der Waals surface area contributed by atoms with Crippen molar-refractivity contribution in [2.75, 3.05) is 0 Å². The van der Waals surface area contributed by atoms with Crippen LogP contribution in [0.5, 0.6) is 11.5 Å². The molecule has 4 aromatic carbocycles. The van der Waals surface area contributed by atoms with Crippen LogP contribution in [0.3, 0.4) is 0 Å². The lowest BCUT2D eigenvalue weighted by Crippen LogP contribution is -2.55. The number of ether oxygens (including phenoxy) is 3. The normalized spacial score (nSPS) is 29.9. The topological polar surface area (TPSA) is 132 Å². The number of cyclic esters (lactones) is 4. The Morgan fingerprint density at radius 1 is 0.642 bits per heavy atom. The molecule has 10 atom stereocenters. The van der Waals surface area contributed by atoms with E-state index >= 15 is 0 Å². The van der Waals surface area contributed by atoms with E-state index in [1.54, 1.807) is 24.3 Å². The number of hydrogen-bond acceptors (Lipinski definition) is 10. The van der Waals surface area contributed by atoms with E-state index in [1.165, 1.54) is 81.5 Å². The summed E-state index contributed by atoms with van der Waals surface area (Å²) in [5.74, 6) is 2.91. The van der Waals surface area contributed by atoms with Gasteiger partial charge in [0.2, 0.25) is 0 Å². The van der Waals surface area contributed by atoms with Gasteiger partial charge in [0, 0.05) is 0 Å². The molecular weight excluding hydrogens is 845 g/mol. The molecule has 4 aliphatic carbocycles. The van der Waals surface area contributed by atoms with E-state index in [-0.39, 0.29) is 51.7 Å². The van der Waals surface area contributed by atoms with Gasteiger partial charge in [0.1, 0.15) is 12.4 Å². The molecule has 0 amide bonds. The zero-order valence-electron chi connectivity index (χ0n) is 39.3. The molecule has 0 spiro atoms. The largest absolute Gasteiger partial charge is 0.423 e. The number of benzene rings is 4. The summed E-state index contributed by atoms with van der Waals surface area (Å²) in [5, 5.41) is 0. The Kier molecular flexibility index (Phi) is 12.0. The van der Waals surface area contributed by atoms with Crippen molar-refractivity contribution < 1.29 is 48.0 Å². The molecule has 0 bridgehead atoms. The van der Waals surface area contributed by atoms with Crippen molar-refractivity contribution in [3.05, 3.63) is 129 Å². The molecule has 0 N–H and O–H groups in total. The molecule has 10 nitrogen and oxygen atoms in total. The minimum absolute atomic E-state index is 0.0621. The molecule has 0 saturated heterocycles. The van der Waals surface area contributed by atoms with Crippen LogP contribution in [0, 0.1) is 52.3 Å². The molecule has 4 saturated carbocycles. The van der Waals surface area contributed by atoms with E-state index in [0.717, 1.165) is 48.0 Å². The van der Waals surface area contributed by atoms with E-state index in [4.69, 9.17) is 24.0 Å². The lowest BCUT2D eigenvalue weighted by Gasteiger charge is -2.63. The fourth-order valence-electron chi connectivity index (χ4n) is 14.6. The smallest absolute Gasteiger partial charge is 0.346 e. The van der Waals surface area contributed by atoms with Crippen molar-refractivity contribution in [3.63, 3.8) is 0 Å². The first-order chi connectivity index (χ1) is 32.2. The van der Waals surface area contributed by atoms with Crippen LogP contribution in [-0.4, -0.2) is 29.8 Å². The van der Waals surface area contributed by atoms with Crippen LogP contribution in [0.2, 0.25) is 0 Å². The highest BCUT2D eigenvalue weighted by molar-refractivity contribution is 6.16. The molecule has 2 heterocycles. The zero-order valence-corrected chi connectivity index (χ0v) is 39.3. The van der Waals surface area contributed by atoms with Crippen molar-refractivity contribution in [2.45, 2.75) is 124 Å². The number of rotatable bonds is 13. The molecule has 10 unspecified atom stereocenters. The van der Waals surface area contributed by atoms with Gasteiger partial charge >= 0.3 is 29.8 Å². The first-order valence-electron chi connectivity index (χ1n) is 24.7. The molecule has 350 valence electrons. The second-order valence-corrected chi connectivity index (χ2v) is 21.6. The van der Waals surface area contributed by atoms with Crippen molar-refractivity contribution in [2.24, 2.45) is 52.3 Å². The van der Waals surface area contributed by atoms with Gasteiger partial charge in [0.05, 0.1) is 27.8 Å². The third kappa shape index (κ3) is 8.21. The maximum atomic E-state index is 13.5. The van der Waals surface area contributed by atoms with Crippen molar-refractivity contribution in [1.29, 1.82) is 0 Å². The Bertz CT molecular complexity index is 2610. The van der Waals surface area contributed by atoms with Gasteiger partial charge in [0.15, 0.2) is 5.75 Å². The van der Waals surface area contributed by atoms with Gasteiger partial charge in [-0.2, -0.15) is 4.89 Å². The number of carbonyl (C=O) groups is 5. The molecule has 10 heteroatoms. The average molecular weight is 907 g/mol. The van der Waals surface area contributed by atoms with E-state index < -0.39 is 29.8 Å². The van der Waals surface area contributed by atoms with E-state index in [2.05, 4.69) is 52.8 Å². The Balaban J connectivity index is 0.900. The fraction of sp³-hybridized carbons (Fsp3) is 0.491. The minimum Gasteiger partial charge on any atom is -0.423 e. The number of carbonyl (C=O) groups excluding carboxylic acids is 5. The van der Waals surface area contributed by atoms with Crippen LogP contribution in [0.15, 0.2) is 84.9 Å². The highest BCUT2D eigenvalue weighted by atomic mass is 17.2. The molecule has 0 aromatic heterocycles. The monoisotopic (exact) mass is 906 g/mol. The predicted molar refractivity (Wildman–Crippen MR) is 250 cm³/mol. The standard InChI is InChI=1S/C57H62O10/c1-32(2)8-6-9-33(3)46-22-23-47-43-20-21-49-50(35-13-16-38(17-14-35)67-63-31-34-12-18-41-44(28-34)54(61)65-52(41)59)40(24-26-57(49,5)48(43)25-27-56(46,47)4)36-10-7-11-39(29-36)64-51(58)37-15-19-42-45(30-37)55(62)66-53(42)60/h7,10-19,28-30,32-33,40,43,46-50H,6,8-9,20-27,31H2,1-5H3. The average Bonchev–Trinajstić information content (AvgIpc) is 3.92. The maximum absolute atomic E-state index is 13.5. The Morgan fingerprint density at radius 3 is 2.06 bits per heavy atom. The quantitative estimate of drug-likeness (QED) is 0.0420. The number of esters is 5. The summed E-state index contributed by atoms with van der Waals surface area (Å²) in [6.07, 6.45) is 13.9. The number of fused-ring (bicyclic) bond motifs is 7. The Hall–Kier alpha value is -5.61. The van der Waals surface area contributed by atoms with Gasteiger partial charge in [-0.25, -0.2) is 24.0 Å². The first kappa shape index (κ1) is 45.2. The minimum atomic E-state index is -0.769. The summed E-state index contributed by atoms with van der Waals surface area (Å²) in [4.78, 5) is 73.3. The van der Waals surface area contributed by atoms with E-state index in [0.29, 0.717) is 34.3 Å². The summed E-state index contributed by atoms with van der Waals surface area (Å²) < 4.78 is 15.4. The Morgan fingerprint density at radius 2 is 1.31 bits per heavy atom. The van der Waals surface area contributed by atoms with Gasteiger partial charge in [-0.15, -0.1) is 0 Å². The summed E-state index contributed by atoms with van der Waals surface area (Å²) in [5.41, 5.74) is 4.46. The molecule has 4 fully saturated rings. The summed E-state index contributed by atoms with van der Waals surface area (Å²) >= 11 is 0. The third-order valence-corrected chi connectivity index (χ3v) is 17.7. The second kappa shape index (κ2) is 17.8. The molecule has 4 aromatic rings. The van der Waals surface area contributed by atoms with Crippen molar-refractivity contribution in [3.8, 4) is 11.5 Å². The molecule has 10 rings (SSSR count). The van der Waals surface area contributed by atoms with Crippen LogP contribution in [-0.2, 0) is 21.0 Å². The van der Waals surface area contributed by atoms with Gasteiger partial charge in [-0.1, -0.05) is 84.2 Å². The zero-order chi connectivity index (χ0) is 46.8. The van der Waals surface area contributed by atoms with Gasteiger partial charge in [0.25, 0.3) is 0 Å². The molecule has 2 aliphatic heterocycles. The molecular formula is C57H62O10. The third-order valence-electron chi connectivity index (χ3n) is 17.7. The first-order valence-corrected chi connectivity index (χ1v) is 24.7. The fourth-order valence-corrected chi connectivity index (χ4v) is 14.6. The molecule has 0 radical (unpaired) electrons. The van der Waals surface area contributed by atoms with E-state index in [1.807, 2.05) is 24.3 Å². The van der Waals surface area contributed by atoms with Gasteiger partial charge in [-0.05, 0) is 187 Å². The van der Waals surface area contributed by atoms with Crippen LogP contribution in [0.1, 0.15) is 186 Å².